The second-order valence-electron chi connectivity index (χ2n) is 6.48. The molecule has 0 heterocycles. The lowest BCUT2D eigenvalue weighted by molar-refractivity contribution is -0.140. The van der Waals surface area contributed by atoms with Gasteiger partial charge < -0.3 is 9.47 Å². The molecule has 0 radical (unpaired) electrons. The minimum Gasteiger partial charge on any atom is -0.490 e. The van der Waals surface area contributed by atoms with Crippen LogP contribution in [0.3, 0.4) is 0 Å². The third-order valence-corrected chi connectivity index (χ3v) is 3.97. The summed E-state index contributed by atoms with van der Waals surface area (Å²) in [6.07, 6.45) is 6.75. The van der Waals surface area contributed by atoms with E-state index in [2.05, 4.69) is 44.8 Å². The fraction of sp³-hybridized carbons (Fsp3) is 0.435. The Bertz CT molecular complexity index is 680. The van der Waals surface area contributed by atoms with Crippen LogP contribution in [0, 0.1) is 11.8 Å². The van der Waals surface area contributed by atoms with Crippen molar-refractivity contribution >= 4 is 5.97 Å². The summed E-state index contributed by atoms with van der Waals surface area (Å²) in [5.41, 5.74) is 3.67. The lowest BCUT2D eigenvalue weighted by atomic mass is 9.96. The first-order valence-electron chi connectivity index (χ1n) is 8.97. The number of carbonyl (C=O) groups is 1. The van der Waals surface area contributed by atoms with Crippen LogP contribution in [0.1, 0.15) is 58.4 Å². The molecule has 0 aliphatic rings. The molecule has 0 aliphatic heterocycles. The molecular weight excluding hydrogens is 324 g/mol. The van der Waals surface area contributed by atoms with Gasteiger partial charge in [-0.3, -0.25) is 4.79 Å². The van der Waals surface area contributed by atoms with Crippen LogP contribution in [-0.4, -0.2) is 19.7 Å². The number of ether oxygens (including phenoxy) is 2. The minimum atomic E-state index is -0.258. The predicted molar refractivity (Wildman–Crippen MR) is 107 cm³/mol. The average Bonchev–Trinajstić information content (AvgIpc) is 2.61. The van der Waals surface area contributed by atoms with Crippen molar-refractivity contribution in [2.75, 3.05) is 13.7 Å². The van der Waals surface area contributed by atoms with Crippen molar-refractivity contribution < 1.29 is 14.3 Å². The Labute approximate surface area is 158 Å². The highest BCUT2D eigenvalue weighted by molar-refractivity contribution is 5.71. The van der Waals surface area contributed by atoms with Crippen molar-refractivity contribution in [1.29, 1.82) is 0 Å². The number of benzene rings is 1. The summed E-state index contributed by atoms with van der Waals surface area (Å²) >= 11 is 0. The van der Waals surface area contributed by atoms with Gasteiger partial charge in [0.2, 0.25) is 0 Å². The lowest BCUT2D eigenvalue weighted by Crippen LogP contribution is -2.07. The zero-order valence-corrected chi connectivity index (χ0v) is 16.6. The number of allylic oxidation sites excluding steroid dienone is 3. The van der Waals surface area contributed by atoms with Crippen molar-refractivity contribution in [2.24, 2.45) is 0 Å². The highest BCUT2D eigenvalue weighted by atomic mass is 16.5. The van der Waals surface area contributed by atoms with Crippen LogP contribution in [0.25, 0.3) is 0 Å². The number of esters is 1. The first-order valence-corrected chi connectivity index (χ1v) is 8.97. The second-order valence-corrected chi connectivity index (χ2v) is 6.48. The van der Waals surface area contributed by atoms with Gasteiger partial charge >= 0.3 is 5.97 Å². The number of rotatable bonds is 9. The van der Waals surface area contributed by atoms with E-state index in [4.69, 9.17) is 9.47 Å². The van der Waals surface area contributed by atoms with Crippen molar-refractivity contribution in [1.82, 2.24) is 0 Å². The maximum atomic E-state index is 11.5. The molecule has 1 rings (SSSR count). The van der Waals surface area contributed by atoms with Crippen LogP contribution in [0.5, 0.6) is 5.75 Å². The van der Waals surface area contributed by atoms with E-state index in [-0.39, 0.29) is 18.3 Å². The van der Waals surface area contributed by atoms with Gasteiger partial charge in [0.15, 0.2) is 0 Å². The third kappa shape index (κ3) is 8.58. The second kappa shape index (κ2) is 12.0. The van der Waals surface area contributed by atoms with E-state index in [1.807, 2.05) is 24.3 Å². The van der Waals surface area contributed by atoms with Crippen LogP contribution in [0.15, 0.2) is 47.6 Å². The Morgan fingerprint density at radius 1 is 1.15 bits per heavy atom. The molecule has 1 aromatic carbocycles. The number of hydrogen-bond donors (Lipinski definition) is 0. The van der Waals surface area contributed by atoms with Gasteiger partial charge in [-0.1, -0.05) is 35.3 Å². The minimum absolute atomic E-state index is 0.154. The Morgan fingerprint density at radius 2 is 1.85 bits per heavy atom. The van der Waals surface area contributed by atoms with Crippen LogP contribution in [0.2, 0.25) is 0 Å². The molecule has 1 atom stereocenters. The summed E-state index contributed by atoms with van der Waals surface area (Å²) in [5.74, 6) is 6.34. The van der Waals surface area contributed by atoms with E-state index in [1.165, 1.54) is 18.3 Å². The van der Waals surface area contributed by atoms with E-state index >= 15 is 0 Å². The molecule has 1 aromatic rings. The van der Waals surface area contributed by atoms with Gasteiger partial charge in [-0.05, 0) is 64.3 Å². The summed E-state index contributed by atoms with van der Waals surface area (Å²) in [6.45, 7) is 8.70. The molecule has 0 bridgehead atoms. The zero-order valence-electron chi connectivity index (χ0n) is 16.6. The Balaban J connectivity index is 2.59. The standard InChI is InChI=1S/C23H30O3/c1-6-8-21(17-23(24)25-5)20-11-13-22(14-12-20)26-16-15-19(4)10-7-9-18(2)3/h9,11-15,21H,7,10,16-17H2,1-5H3/b19-15-/t21-/m0/s1. The van der Waals surface area contributed by atoms with Crippen LogP contribution >= 0.6 is 0 Å². The normalized spacial score (nSPS) is 11.8. The van der Waals surface area contributed by atoms with Gasteiger partial charge in [-0.15, -0.1) is 5.92 Å². The highest BCUT2D eigenvalue weighted by Crippen LogP contribution is 2.22. The Kier molecular flexibility index (Phi) is 9.94. The molecule has 140 valence electrons. The molecule has 0 aromatic heterocycles. The molecule has 3 heteroatoms. The summed E-state index contributed by atoms with van der Waals surface area (Å²) in [6, 6.07) is 7.75. The molecule has 0 fully saturated rings. The van der Waals surface area contributed by atoms with E-state index in [9.17, 15) is 4.79 Å². The van der Waals surface area contributed by atoms with E-state index < -0.39 is 0 Å². The topological polar surface area (TPSA) is 35.5 Å². The smallest absolute Gasteiger partial charge is 0.307 e. The van der Waals surface area contributed by atoms with Crippen LogP contribution in [-0.2, 0) is 9.53 Å². The summed E-state index contributed by atoms with van der Waals surface area (Å²) in [4.78, 5) is 11.5. The molecule has 0 N–H and O–H groups in total. The Morgan fingerprint density at radius 3 is 2.42 bits per heavy atom. The third-order valence-electron chi connectivity index (χ3n) is 3.97. The first kappa shape index (κ1) is 21.6. The summed E-state index contributed by atoms with van der Waals surface area (Å²) in [7, 11) is 1.39. The molecule has 0 amide bonds. The largest absolute Gasteiger partial charge is 0.490 e. The molecule has 3 nitrogen and oxygen atoms in total. The fourth-order valence-electron chi connectivity index (χ4n) is 2.44. The van der Waals surface area contributed by atoms with Gasteiger partial charge in [-0.2, -0.15) is 0 Å². The molecule has 0 spiro atoms. The monoisotopic (exact) mass is 354 g/mol. The first-order chi connectivity index (χ1) is 12.5. The zero-order chi connectivity index (χ0) is 19.4. The molecule has 0 saturated heterocycles. The van der Waals surface area contributed by atoms with Gasteiger partial charge in [0.1, 0.15) is 12.4 Å². The quantitative estimate of drug-likeness (QED) is 0.337. The van der Waals surface area contributed by atoms with Gasteiger partial charge in [0.25, 0.3) is 0 Å². The van der Waals surface area contributed by atoms with Crippen molar-refractivity contribution in [3.8, 4) is 17.6 Å². The molecule has 26 heavy (non-hydrogen) atoms. The Hall–Kier alpha value is -2.47. The van der Waals surface area contributed by atoms with E-state index in [0.717, 1.165) is 24.2 Å². The van der Waals surface area contributed by atoms with E-state index in [1.54, 1.807) is 6.92 Å². The number of carbonyl (C=O) groups excluding carboxylic acids is 1. The highest BCUT2D eigenvalue weighted by Gasteiger charge is 2.14. The maximum Gasteiger partial charge on any atom is 0.307 e. The fourth-order valence-corrected chi connectivity index (χ4v) is 2.44. The van der Waals surface area contributed by atoms with Crippen molar-refractivity contribution in [2.45, 2.75) is 52.9 Å². The maximum absolute atomic E-state index is 11.5. The van der Waals surface area contributed by atoms with Gasteiger partial charge in [0.05, 0.1) is 19.4 Å². The molecule has 0 aliphatic carbocycles. The molecule has 0 saturated carbocycles. The van der Waals surface area contributed by atoms with Crippen LogP contribution < -0.4 is 4.74 Å². The SMILES string of the molecule is CC#C[C@@H](CC(=O)OC)c1ccc(OC/C=C(/C)CCC=C(C)C)cc1. The van der Waals surface area contributed by atoms with E-state index in [0.29, 0.717) is 6.61 Å². The van der Waals surface area contributed by atoms with Crippen molar-refractivity contribution in [3.05, 3.63) is 53.1 Å². The van der Waals surface area contributed by atoms with Gasteiger partial charge in [0, 0.05) is 0 Å². The predicted octanol–water partition coefficient (Wildman–Crippen LogP) is 5.43. The number of hydrogen-bond acceptors (Lipinski definition) is 3. The van der Waals surface area contributed by atoms with Crippen LogP contribution in [0.4, 0.5) is 0 Å². The molecule has 0 unspecified atom stereocenters. The lowest BCUT2D eigenvalue weighted by Gasteiger charge is -2.11. The van der Waals surface area contributed by atoms with Gasteiger partial charge in [-0.25, -0.2) is 0 Å². The molecular formula is C23H30O3. The number of methoxy groups -OCH3 is 1. The summed E-state index contributed by atoms with van der Waals surface area (Å²) < 4.78 is 10.5. The van der Waals surface area contributed by atoms with Crippen molar-refractivity contribution in [3.63, 3.8) is 0 Å². The average molecular weight is 354 g/mol. The summed E-state index contributed by atoms with van der Waals surface area (Å²) in [5, 5.41) is 0.